The number of thiophene rings is 1. The van der Waals surface area contributed by atoms with Crippen LogP contribution in [0.3, 0.4) is 0 Å². The number of hydrogen-bond donors (Lipinski definition) is 2. The van der Waals surface area contributed by atoms with Crippen molar-refractivity contribution in [2.24, 2.45) is 10.9 Å². The molecule has 2 heterocycles. The summed E-state index contributed by atoms with van der Waals surface area (Å²) in [5.74, 6) is 1.67. The van der Waals surface area contributed by atoms with E-state index in [1.165, 1.54) is 30.8 Å². The van der Waals surface area contributed by atoms with Crippen LogP contribution in [0.15, 0.2) is 22.5 Å². The minimum atomic E-state index is 0. The van der Waals surface area contributed by atoms with E-state index in [1.54, 1.807) is 7.11 Å². The highest BCUT2D eigenvalue weighted by Gasteiger charge is 2.25. The molecular weight excluding hydrogens is 475 g/mol. The van der Waals surface area contributed by atoms with Crippen molar-refractivity contribution in [3.8, 4) is 0 Å². The third-order valence-electron chi connectivity index (χ3n) is 4.79. The molecule has 6 nitrogen and oxygen atoms in total. The van der Waals surface area contributed by atoms with E-state index in [0.717, 1.165) is 25.0 Å². The normalized spacial score (nSPS) is 17.4. The number of piperidine rings is 1. The Bertz CT molecular complexity index is 508. The number of halogens is 1. The third-order valence-corrected chi connectivity index (χ3v) is 5.76. The first-order valence-corrected chi connectivity index (χ1v) is 10.4. The van der Waals surface area contributed by atoms with Crippen molar-refractivity contribution in [1.29, 1.82) is 0 Å². The monoisotopic (exact) mass is 510 g/mol. The predicted molar refractivity (Wildman–Crippen MR) is 125 cm³/mol. The van der Waals surface area contributed by atoms with Gasteiger partial charge in [0.15, 0.2) is 5.96 Å². The van der Waals surface area contributed by atoms with Gasteiger partial charge in [-0.25, -0.2) is 0 Å². The van der Waals surface area contributed by atoms with Gasteiger partial charge in [0.2, 0.25) is 0 Å². The van der Waals surface area contributed by atoms with Gasteiger partial charge in [0.25, 0.3) is 0 Å². The Morgan fingerprint density at radius 2 is 2.07 bits per heavy atom. The summed E-state index contributed by atoms with van der Waals surface area (Å²) in [6.07, 6.45) is 2.57. The Labute approximate surface area is 185 Å². The van der Waals surface area contributed by atoms with Gasteiger partial charge in [-0.1, -0.05) is 13.0 Å². The second kappa shape index (κ2) is 14.6. The maximum absolute atomic E-state index is 5.48. The third kappa shape index (κ3) is 9.08. The van der Waals surface area contributed by atoms with E-state index in [-0.39, 0.29) is 24.0 Å². The highest BCUT2D eigenvalue weighted by Crippen LogP contribution is 2.28. The fraction of sp³-hybridized carbons (Fsp3) is 0.737. The number of likely N-dealkylation sites (tertiary alicyclic amines) is 1. The Kier molecular flexibility index (Phi) is 13.3. The van der Waals surface area contributed by atoms with Gasteiger partial charge in [0.1, 0.15) is 0 Å². The average molecular weight is 510 g/mol. The van der Waals surface area contributed by atoms with Gasteiger partial charge in [-0.05, 0) is 43.3 Å². The van der Waals surface area contributed by atoms with Crippen LogP contribution >= 0.6 is 35.3 Å². The molecule has 0 amide bonds. The summed E-state index contributed by atoms with van der Waals surface area (Å²) < 4.78 is 10.5. The van der Waals surface area contributed by atoms with Gasteiger partial charge in [0, 0.05) is 32.1 Å². The molecule has 8 heteroatoms. The lowest BCUT2D eigenvalue weighted by Gasteiger charge is -2.36. The molecule has 0 saturated carbocycles. The smallest absolute Gasteiger partial charge is 0.191 e. The lowest BCUT2D eigenvalue weighted by Crippen LogP contribution is -2.45. The average Bonchev–Trinajstić information content (AvgIpc) is 3.18. The minimum Gasteiger partial charge on any atom is -0.382 e. The van der Waals surface area contributed by atoms with Gasteiger partial charge >= 0.3 is 0 Å². The molecule has 0 spiro atoms. The summed E-state index contributed by atoms with van der Waals surface area (Å²) >= 11 is 1.84. The molecule has 27 heavy (non-hydrogen) atoms. The Morgan fingerprint density at radius 1 is 1.30 bits per heavy atom. The fourth-order valence-corrected chi connectivity index (χ4v) is 3.99. The van der Waals surface area contributed by atoms with E-state index in [9.17, 15) is 0 Å². The second-order valence-corrected chi connectivity index (χ2v) is 7.71. The van der Waals surface area contributed by atoms with Crippen molar-refractivity contribution >= 4 is 41.3 Å². The van der Waals surface area contributed by atoms with Crippen LogP contribution < -0.4 is 10.6 Å². The maximum atomic E-state index is 5.48. The number of nitrogens with one attached hydrogen (secondary N) is 2. The Hall–Kier alpha value is -0.420. The number of methoxy groups -OCH3 is 1. The molecule has 0 radical (unpaired) electrons. The molecule has 156 valence electrons. The van der Waals surface area contributed by atoms with Crippen LogP contribution in [0.4, 0.5) is 0 Å². The zero-order valence-electron chi connectivity index (χ0n) is 16.8. The van der Waals surface area contributed by atoms with Crippen molar-refractivity contribution in [3.63, 3.8) is 0 Å². The molecule has 1 aliphatic rings. The molecule has 1 saturated heterocycles. The van der Waals surface area contributed by atoms with Gasteiger partial charge in [0.05, 0.1) is 25.9 Å². The van der Waals surface area contributed by atoms with E-state index in [2.05, 4.69) is 45.0 Å². The van der Waals surface area contributed by atoms with Crippen LogP contribution in [-0.4, -0.2) is 71.0 Å². The SMILES string of the molecule is CN=C(NCCOCCOC)NCC(c1cccs1)N1CCC(C)CC1.I. The molecule has 1 atom stereocenters. The summed E-state index contributed by atoms with van der Waals surface area (Å²) in [4.78, 5) is 8.36. The molecule has 2 N–H and O–H groups in total. The fourth-order valence-electron chi connectivity index (χ4n) is 3.13. The standard InChI is InChI=1S/C19H34N4O2S.HI/c1-16-6-9-23(10-7-16)17(18-5-4-14-26-18)15-22-19(20-2)21-8-11-25-13-12-24-3;/h4-5,14,16-17H,6-13,15H2,1-3H3,(H2,20,21,22);1H. The highest BCUT2D eigenvalue weighted by atomic mass is 127. The van der Waals surface area contributed by atoms with Crippen LogP contribution in [0.2, 0.25) is 0 Å². The first-order valence-electron chi connectivity index (χ1n) is 9.53. The van der Waals surface area contributed by atoms with Gasteiger partial charge < -0.3 is 20.1 Å². The molecule has 0 aromatic carbocycles. The van der Waals surface area contributed by atoms with Gasteiger partial charge in [-0.2, -0.15) is 0 Å². The van der Waals surface area contributed by atoms with Crippen molar-refractivity contribution in [1.82, 2.24) is 15.5 Å². The molecule has 1 fully saturated rings. The van der Waals surface area contributed by atoms with Crippen molar-refractivity contribution in [2.75, 3.05) is 60.2 Å². The van der Waals surface area contributed by atoms with E-state index in [4.69, 9.17) is 9.47 Å². The van der Waals surface area contributed by atoms with Crippen molar-refractivity contribution < 1.29 is 9.47 Å². The maximum Gasteiger partial charge on any atom is 0.191 e. The summed E-state index contributed by atoms with van der Waals surface area (Å²) in [7, 11) is 3.49. The van der Waals surface area contributed by atoms with E-state index in [1.807, 2.05) is 18.4 Å². The molecule has 2 rings (SSSR count). The van der Waals surface area contributed by atoms with E-state index >= 15 is 0 Å². The number of aliphatic imine (C=N–C) groups is 1. The number of hydrogen-bond acceptors (Lipinski definition) is 5. The first-order chi connectivity index (χ1) is 12.7. The molecule has 1 aromatic rings. The molecule has 0 bridgehead atoms. The second-order valence-electron chi connectivity index (χ2n) is 6.73. The van der Waals surface area contributed by atoms with Crippen LogP contribution in [-0.2, 0) is 9.47 Å². The quantitative estimate of drug-likeness (QED) is 0.220. The van der Waals surface area contributed by atoms with E-state index in [0.29, 0.717) is 25.9 Å². The van der Waals surface area contributed by atoms with Crippen LogP contribution in [0.25, 0.3) is 0 Å². The van der Waals surface area contributed by atoms with Crippen LogP contribution in [0, 0.1) is 5.92 Å². The summed E-state index contributed by atoms with van der Waals surface area (Å²) in [5, 5.41) is 8.97. The van der Waals surface area contributed by atoms with Crippen molar-refractivity contribution in [2.45, 2.75) is 25.8 Å². The molecular formula is C19H35IN4O2S. The van der Waals surface area contributed by atoms with Crippen LogP contribution in [0.1, 0.15) is 30.7 Å². The van der Waals surface area contributed by atoms with Crippen LogP contribution in [0.5, 0.6) is 0 Å². The van der Waals surface area contributed by atoms with Crippen molar-refractivity contribution in [3.05, 3.63) is 22.4 Å². The predicted octanol–water partition coefficient (Wildman–Crippen LogP) is 2.97. The zero-order chi connectivity index (χ0) is 18.6. The summed E-state index contributed by atoms with van der Waals surface area (Å²) in [6.45, 7) is 8.18. The zero-order valence-corrected chi connectivity index (χ0v) is 19.9. The lowest BCUT2D eigenvalue weighted by atomic mass is 9.97. The number of rotatable bonds is 10. The Morgan fingerprint density at radius 3 is 2.70 bits per heavy atom. The Balaban J connectivity index is 0.00000364. The summed E-state index contributed by atoms with van der Waals surface area (Å²) in [6, 6.07) is 4.79. The first kappa shape index (κ1) is 24.6. The number of guanidine groups is 1. The van der Waals surface area contributed by atoms with E-state index < -0.39 is 0 Å². The summed E-state index contributed by atoms with van der Waals surface area (Å²) in [5.41, 5.74) is 0. The number of nitrogens with zero attached hydrogens (tertiary/aromatic N) is 2. The topological polar surface area (TPSA) is 58.1 Å². The highest BCUT2D eigenvalue weighted by molar-refractivity contribution is 14.0. The number of ether oxygens (including phenoxy) is 2. The molecule has 1 aliphatic heterocycles. The molecule has 1 unspecified atom stereocenters. The minimum absolute atomic E-state index is 0. The largest absolute Gasteiger partial charge is 0.382 e. The molecule has 1 aromatic heterocycles. The van der Waals surface area contributed by atoms with Gasteiger partial charge in [-0.15, -0.1) is 35.3 Å². The lowest BCUT2D eigenvalue weighted by molar-refractivity contribution is 0.0733. The van der Waals surface area contributed by atoms with Gasteiger partial charge in [-0.3, -0.25) is 9.89 Å². The molecule has 0 aliphatic carbocycles.